The number of aromatic nitrogens is 2. The Kier molecular flexibility index (Phi) is 1.34. The van der Waals surface area contributed by atoms with Crippen LogP contribution in [0.4, 0.5) is 9.59 Å². The first kappa shape index (κ1) is 7.97. The van der Waals surface area contributed by atoms with Crippen molar-refractivity contribution >= 4 is 12.1 Å². The van der Waals surface area contributed by atoms with Crippen LogP contribution in [-0.4, -0.2) is 28.7 Å². The molecule has 1 aromatic rings. The smallest absolute Gasteiger partial charge is 0.216 e. The lowest BCUT2D eigenvalue weighted by atomic mass is 10.4. The third-order valence-electron chi connectivity index (χ3n) is 2.22. The third kappa shape index (κ3) is 0.783. The Bertz CT molecular complexity index is 383. The molecular weight excluding hydrogens is 170 g/mol. The SMILES string of the molecule is Cc1cc(C)[n+]2n1C(=O)N(C)C2=O. The van der Waals surface area contributed by atoms with Crippen molar-refractivity contribution in [2.45, 2.75) is 13.8 Å². The highest BCUT2D eigenvalue weighted by Crippen LogP contribution is 2.08. The number of hydrogen-bond donors (Lipinski definition) is 0. The van der Waals surface area contributed by atoms with E-state index in [2.05, 4.69) is 0 Å². The van der Waals surface area contributed by atoms with Gasteiger partial charge < -0.3 is 0 Å². The van der Waals surface area contributed by atoms with E-state index in [1.165, 1.54) is 16.4 Å². The number of aryl methyl sites for hydroxylation is 2. The number of fused-ring (bicyclic) bond motifs is 1. The largest absolute Gasteiger partial charge is 0.526 e. The van der Waals surface area contributed by atoms with Gasteiger partial charge >= 0.3 is 12.1 Å². The molecule has 0 saturated carbocycles. The minimum absolute atomic E-state index is 0.296. The Morgan fingerprint density at radius 2 is 1.92 bits per heavy atom. The van der Waals surface area contributed by atoms with Crippen molar-refractivity contribution in [3.8, 4) is 0 Å². The van der Waals surface area contributed by atoms with Crippen LogP contribution in [0.1, 0.15) is 11.4 Å². The summed E-state index contributed by atoms with van der Waals surface area (Å²) in [5.41, 5.74) is 1.56. The Morgan fingerprint density at radius 1 is 1.31 bits per heavy atom. The van der Waals surface area contributed by atoms with Gasteiger partial charge in [0.25, 0.3) is 0 Å². The van der Waals surface area contributed by atoms with Crippen molar-refractivity contribution in [3.63, 3.8) is 0 Å². The predicted octanol–water partition coefficient (Wildman–Crippen LogP) is 0.274. The zero-order chi connectivity index (χ0) is 9.75. The van der Waals surface area contributed by atoms with Crippen molar-refractivity contribution in [1.29, 1.82) is 0 Å². The summed E-state index contributed by atoms with van der Waals surface area (Å²) in [6.45, 7) is 3.60. The van der Waals surface area contributed by atoms with E-state index in [1.54, 1.807) is 13.8 Å². The van der Waals surface area contributed by atoms with Gasteiger partial charge in [0.05, 0.1) is 12.7 Å². The number of hydrogen-bond acceptors (Lipinski definition) is 2. The van der Waals surface area contributed by atoms with Gasteiger partial charge in [-0.3, -0.25) is 0 Å². The number of nitrogens with zero attached hydrogens (tertiary/aromatic N) is 3. The molecule has 0 aromatic carbocycles. The summed E-state index contributed by atoms with van der Waals surface area (Å²) in [5.74, 6) is 0. The number of carbonyl (C=O) groups excluding carboxylic acids is 2. The molecule has 13 heavy (non-hydrogen) atoms. The van der Waals surface area contributed by atoms with E-state index in [0.29, 0.717) is 0 Å². The Balaban J connectivity index is 2.75. The highest BCUT2D eigenvalue weighted by molar-refractivity contribution is 5.93. The van der Waals surface area contributed by atoms with E-state index in [1.807, 2.05) is 6.07 Å². The average molecular weight is 180 g/mol. The van der Waals surface area contributed by atoms with Crippen LogP contribution in [0.5, 0.6) is 0 Å². The van der Waals surface area contributed by atoms with Crippen LogP contribution in [0.25, 0.3) is 0 Å². The Hall–Kier alpha value is -1.65. The summed E-state index contributed by atoms with van der Waals surface area (Å²) < 4.78 is 2.75. The molecule has 5 heteroatoms. The Labute approximate surface area is 75.2 Å². The third-order valence-corrected chi connectivity index (χ3v) is 2.22. The molecule has 0 fully saturated rings. The van der Waals surface area contributed by atoms with E-state index >= 15 is 0 Å². The van der Waals surface area contributed by atoms with Crippen molar-refractivity contribution in [2.24, 2.45) is 0 Å². The quantitative estimate of drug-likeness (QED) is 0.538. The highest BCUT2D eigenvalue weighted by atomic mass is 16.2. The molecule has 1 aromatic heterocycles. The lowest BCUT2D eigenvalue weighted by Crippen LogP contribution is -2.48. The zero-order valence-electron chi connectivity index (χ0n) is 7.74. The molecule has 0 radical (unpaired) electrons. The van der Waals surface area contributed by atoms with Crippen LogP contribution in [0, 0.1) is 13.8 Å². The highest BCUT2D eigenvalue weighted by Gasteiger charge is 2.44. The number of carbonyl (C=O) groups is 2. The van der Waals surface area contributed by atoms with Crippen LogP contribution < -0.4 is 4.68 Å². The molecule has 0 N–H and O–H groups in total. The predicted molar refractivity (Wildman–Crippen MR) is 43.5 cm³/mol. The van der Waals surface area contributed by atoms with E-state index in [4.69, 9.17) is 0 Å². The first-order valence-electron chi connectivity index (χ1n) is 3.97. The summed E-state index contributed by atoms with van der Waals surface area (Å²) in [4.78, 5) is 24.1. The van der Waals surface area contributed by atoms with Crippen LogP contribution >= 0.6 is 0 Å². The molecule has 0 saturated heterocycles. The van der Waals surface area contributed by atoms with Crippen LogP contribution in [0.2, 0.25) is 0 Å². The van der Waals surface area contributed by atoms with Gasteiger partial charge in [-0.1, -0.05) is 4.68 Å². The molecule has 1 aliphatic heterocycles. The van der Waals surface area contributed by atoms with Gasteiger partial charge in [0, 0.05) is 13.0 Å². The number of rotatable bonds is 0. The molecule has 0 spiro atoms. The van der Waals surface area contributed by atoms with Gasteiger partial charge in [0.15, 0.2) is 0 Å². The second kappa shape index (κ2) is 2.18. The molecule has 0 aliphatic carbocycles. The summed E-state index contributed by atoms with van der Waals surface area (Å²) >= 11 is 0. The summed E-state index contributed by atoms with van der Waals surface area (Å²) in [6, 6.07) is 1.22. The number of imide groups is 1. The van der Waals surface area contributed by atoms with E-state index in [9.17, 15) is 9.59 Å². The van der Waals surface area contributed by atoms with E-state index < -0.39 is 0 Å². The minimum Gasteiger partial charge on any atom is -0.216 e. The molecule has 2 heterocycles. The fraction of sp³-hybridized carbons (Fsp3) is 0.375. The summed E-state index contributed by atoms with van der Waals surface area (Å²) in [6.07, 6.45) is 0. The zero-order valence-corrected chi connectivity index (χ0v) is 7.74. The van der Waals surface area contributed by atoms with E-state index in [0.717, 1.165) is 16.3 Å². The standard InChI is InChI=1S/C8H10N3O2/c1-5-4-6(2)11-8(13)9(3)7(12)10(5)11/h4H,1-3H3/q+1. The van der Waals surface area contributed by atoms with E-state index in [-0.39, 0.29) is 12.1 Å². The Morgan fingerprint density at radius 3 is 2.46 bits per heavy atom. The fourth-order valence-corrected chi connectivity index (χ4v) is 1.58. The average Bonchev–Trinajstić information content (AvgIpc) is 2.47. The summed E-state index contributed by atoms with van der Waals surface area (Å²) in [7, 11) is 1.48. The molecule has 0 atom stereocenters. The molecular formula is C8H10N3O2+. The second-order valence-corrected chi connectivity index (χ2v) is 3.17. The normalized spacial score (nSPS) is 15.5. The summed E-state index contributed by atoms with van der Waals surface area (Å²) in [5, 5.41) is 0. The molecule has 2 rings (SSSR count). The van der Waals surface area contributed by atoms with Gasteiger partial charge in [-0.15, -0.1) is 9.58 Å². The maximum absolute atomic E-state index is 11.5. The van der Waals surface area contributed by atoms with Gasteiger partial charge in [-0.05, 0) is 6.92 Å². The van der Waals surface area contributed by atoms with Gasteiger partial charge in [-0.2, -0.15) is 4.79 Å². The monoisotopic (exact) mass is 180 g/mol. The minimum atomic E-state index is -0.296. The first-order chi connectivity index (χ1) is 6.04. The maximum Gasteiger partial charge on any atom is 0.526 e. The molecule has 0 bridgehead atoms. The van der Waals surface area contributed by atoms with Crippen molar-refractivity contribution in [1.82, 2.24) is 9.58 Å². The van der Waals surface area contributed by atoms with Gasteiger partial charge in [0.1, 0.15) is 5.69 Å². The lowest BCUT2D eigenvalue weighted by molar-refractivity contribution is -0.648. The molecule has 0 unspecified atom stereocenters. The van der Waals surface area contributed by atoms with Crippen LogP contribution in [0.3, 0.4) is 0 Å². The van der Waals surface area contributed by atoms with Crippen molar-refractivity contribution in [3.05, 3.63) is 17.5 Å². The fourth-order valence-electron chi connectivity index (χ4n) is 1.58. The van der Waals surface area contributed by atoms with Crippen molar-refractivity contribution in [2.75, 3.05) is 7.05 Å². The van der Waals surface area contributed by atoms with Gasteiger partial charge in [0.2, 0.25) is 0 Å². The molecule has 2 amide bonds. The van der Waals surface area contributed by atoms with Crippen LogP contribution in [0.15, 0.2) is 6.07 Å². The second-order valence-electron chi connectivity index (χ2n) is 3.17. The van der Waals surface area contributed by atoms with Crippen LogP contribution in [-0.2, 0) is 0 Å². The van der Waals surface area contributed by atoms with Crippen molar-refractivity contribution < 1.29 is 14.3 Å². The molecule has 68 valence electrons. The molecule has 1 aliphatic rings. The van der Waals surface area contributed by atoms with Gasteiger partial charge in [-0.25, -0.2) is 4.79 Å². The topological polar surface area (TPSA) is 46.2 Å². The maximum atomic E-state index is 11.5. The lowest BCUT2D eigenvalue weighted by Gasteiger charge is -1.92. The first-order valence-corrected chi connectivity index (χ1v) is 3.97. The molecule has 5 nitrogen and oxygen atoms in total. The number of amides is 2.